The zero-order valence-corrected chi connectivity index (χ0v) is 7.80. The van der Waals surface area contributed by atoms with E-state index in [4.69, 9.17) is 9.78 Å². The van der Waals surface area contributed by atoms with Gasteiger partial charge in [-0.3, -0.25) is 0 Å². The first-order chi connectivity index (χ1) is 5.67. The summed E-state index contributed by atoms with van der Waals surface area (Å²) in [5.41, 5.74) is 1.90. The zero-order chi connectivity index (χ0) is 8.60. The highest BCUT2D eigenvalue weighted by Gasteiger charge is 2.32. The summed E-state index contributed by atoms with van der Waals surface area (Å²) in [4.78, 5) is 10.1. The van der Waals surface area contributed by atoms with E-state index in [1.807, 2.05) is 0 Å². The quantitative estimate of drug-likeness (QED) is 0.408. The van der Waals surface area contributed by atoms with Crippen LogP contribution in [0.25, 0.3) is 0 Å². The molecule has 1 aliphatic carbocycles. The molecule has 2 rings (SSSR count). The molecular weight excluding hydrogens is 152 g/mol. The second kappa shape index (κ2) is 2.86. The van der Waals surface area contributed by atoms with Crippen molar-refractivity contribution in [3.05, 3.63) is 11.6 Å². The molecule has 68 valence electrons. The highest BCUT2D eigenvalue weighted by molar-refractivity contribution is 5.15. The Morgan fingerprint density at radius 1 is 1.50 bits per heavy atom. The van der Waals surface area contributed by atoms with Gasteiger partial charge in [0.25, 0.3) is 0 Å². The Balaban J connectivity index is 2.12. The second-order valence-corrected chi connectivity index (χ2v) is 4.53. The minimum absolute atomic E-state index is 0.256. The minimum atomic E-state index is 0.256. The van der Waals surface area contributed by atoms with Crippen LogP contribution in [0.2, 0.25) is 0 Å². The maximum atomic E-state index is 5.21. The topological polar surface area (TPSA) is 18.5 Å². The summed E-state index contributed by atoms with van der Waals surface area (Å²) >= 11 is 0. The van der Waals surface area contributed by atoms with Crippen LogP contribution in [-0.4, -0.2) is 12.7 Å². The van der Waals surface area contributed by atoms with E-state index in [1.165, 1.54) is 18.4 Å². The molecule has 1 heterocycles. The van der Waals surface area contributed by atoms with E-state index in [9.17, 15) is 0 Å². The minimum Gasteiger partial charge on any atom is -0.232 e. The number of fused-ring (bicyclic) bond motifs is 1. The summed E-state index contributed by atoms with van der Waals surface area (Å²) in [5, 5.41) is 0. The molecule has 0 amide bonds. The SMILES string of the molecule is CC1(C)CCC2OOCC=C2C1. The summed E-state index contributed by atoms with van der Waals surface area (Å²) in [6.07, 6.45) is 5.94. The molecule has 0 spiro atoms. The lowest BCUT2D eigenvalue weighted by Gasteiger charge is -2.37. The molecule has 0 aromatic carbocycles. The van der Waals surface area contributed by atoms with E-state index in [-0.39, 0.29) is 6.10 Å². The summed E-state index contributed by atoms with van der Waals surface area (Å²) in [6.45, 7) is 5.26. The van der Waals surface area contributed by atoms with E-state index < -0.39 is 0 Å². The normalized spacial score (nSPS) is 33.8. The van der Waals surface area contributed by atoms with Gasteiger partial charge in [-0.15, -0.1) is 0 Å². The van der Waals surface area contributed by atoms with Crippen molar-refractivity contribution in [1.29, 1.82) is 0 Å². The Hall–Kier alpha value is -0.340. The first kappa shape index (κ1) is 8.27. The average molecular weight is 168 g/mol. The predicted molar refractivity (Wildman–Crippen MR) is 46.5 cm³/mol. The van der Waals surface area contributed by atoms with Gasteiger partial charge in [0.2, 0.25) is 0 Å². The third-order valence-electron chi connectivity index (χ3n) is 2.78. The van der Waals surface area contributed by atoms with Crippen molar-refractivity contribution in [3.63, 3.8) is 0 Å². The van der Waals surface area contributed by atoms with Gasteiger partial charge in [-0.2, -0.15) is 0 Å². The van der Waals surface area contributed by atoms with Crippen LogP contribution >= 0.6 is 0 Å². The number of hydrogen-bond donors (Lipinski definition) is 0. The Morgan fingerprint density at radius 3 is 3.17 bits per heavy atom. The van der Waals surface area contributed by atoms with Gasteiger partial charge in [0.15, 0.2) is 0 Å². The molecule has 0 aromatic rings. The predicted octanol–water partition coefficient (Wildman–Crippen LogP) is 2.45. The van der Waals surface area contributed by atoms with Crippen LogP contribution in [0.5, 0.6) is 0 Å². The van der Waals surface area contributed by atoms with E-state index in [0.717, 1.165) is 6.42 Å². The smallest absolute Gasteiger partial charge is 0.114 e. The maximum absolute atomic E-state index is 5.21. The third kappa shape index (κ3) is 1.54. The van der Waals surface area contributed by atoms with Gasteiger partial charge in [0.05, 0.1) is 0 Å². The first-order valence-electron chi connectivity index (χ1n) is 4.65. The fourth-order valence-electron chi connectivity index (χ4n) is 2.04. The lowest BCUT2D eigenvalue weighted by atomic mass is 9.73. The van der Waals surface area contributed by atoms with Gasteiger partial charge in [0, 0.05) is 0 Å². The molecule has 0 N–H and O–H groups in total. The molecule has 1 atom stereocenters. The Labute approximate surface area is 73.5 Å². The van der Waals surface area contributed by atoms with E-state index in [2.05, 4.69) is 19.9 Å². The van der Waals surface area contributed by atoms with Crippen LogP contribution in [0.1, 0.15) is 33.1 Å². The van der Waals surface area contributed by atoms with Crippen molar-refractivity contribution < 1.29 is 9.78 Å². The second-order valence-electron chi connectivity index (χ2n) is 4.53. The van der Waals surface area contributed by atoms with Gasteiger partial charge in [0.1, 0.15) is 12.7 Å². The Bertz CT molecular complexity index is 206. The van der Waals surface area contributed by atoms with Crippen molar-refractivity contribution >= 4 is 0 Å². The van der Waals surface area contributed by atoms with Gasteiger partial charge in [-0.25, -0.2) is 9.78 Å². The van der Waals surface area contributed by atoms with Crippen LogP contribution in [0.4, 0.5) is 0 Å². The molecule has 2 heteroatoms. The van der Waals surface area contributed by atoms with Crippen LogP contribution in [0, 0.1) is 5.41 Å². The molecule has 1 fully saturated rings. The molecule has 2 nitrogen and oxygen atoms in total. The molecule has 0 saturated heterocycles. The standard InChI is InChI=1S/C10H16O2/c1-10(2)5-3-9-8(7-10)4-6-11-12-9/h4,9H,3,5-7H2,1-2H3. The fourth-order valence-corrected chi connectivity index (χ4v) is 2.04. The van der Waals surface area contributed by atoms with E-state index in [0.29, 0.717) is 12.0 Å². The maximum Gasteiger partial charge on any atom is 0.114 e. The van der Waals surface area contributed by atoms with Crippen molar-refractivity contribution in [3.8, 4) is 0 Å². The first-order valence-corrected chi connectivity index (χ1v) is 4.65. The monoisotopic (exact) mass is 168 g/mol. The molecule has 2 aliphatic rings. The molecule has 0 aromatic heterocycles. The third-order valence-corrected chi connectivity index (χ3v) is 2.78. The number of rotatable bonds is 0. The molecule has 1 unspecified atom stereocenters. The summed E-state index contributed by atoms with van der Waals surface area (Å²) < 4.78 is 0. The lowest BCUT2D eigenvalue weighted by molar-refractivity contribution is -0.320. The number of hydrogen-bond acceptors (Lipinski definition) is 2. The lowest BCUT2D eigenvalue weighted by Crippen LogP contribution is -2.31. The van der Waals surface area contributed by atoms with Crippen molar-refractivity contribution in [1.82, 2.24) is 0 Å². The van der Waals surface area contributed by atoms with Crippen LogP contribution in [-0.2, 0) is 9.78 Å². The largest absolute Gasteiger partial charge is 0.232 e. The van der Waals surface area contributed by atoms with Gasteiger partial charge in [-0.1, -0.05) is 19.9 Å². The summed E-state index contributed by atoms with van der Waals surface area (Å²) in [7, 11) is 0. The van der Waals surface area contributed by atoms with Crippen LogP contribution in [0.15, 0.2) is 11.6 Å². The molecular formula is C10H16O2. The highest BCUT2D eigenvalue weighted by Crippen LogP contribution is 2.40. The van der Waals surface area contributed by atoms with E-state index in [1.54, 1.807) is 0 Å². The van der Waals surface area contributed by atoms with E-state index >= 15 is 0 Å². The van der Waals surface area contributed by atoms with Crippen molar-refractivity contribution in [2.45, 2.75) is 39.2 Å². The molecule has 12 heavy (non-hydrogen) atoms. The molecule has 0 radical (unpaired) electrons. The highest BCUT2D eigenvalue weighted by atomic mass is 17.2. The van der Waals surface area contributed by atoms with Crippen molar-refractivity contribution in [2.24, 2.45) is 5.41 Å². The molecule has 0 bridgehead atoms. The van der Waals surface area contributed by atoms with Crippen LogP contribution in [0.3, 0.4) is 0 Å². The van der Waals surface area contributed by atoms with Crippen LogP contribution < -0.4 is 0 Å². The van der Waals surface area contributed by atoms with Gasteiger partial charge < -0.3 is 0 Å². The van der Waals surface area contributed by atoms with Gasteiger partial charge >= 0.3 is 0 Å². The van der Waals surface area contributed by atoms with Gasteiger partial charge in [-0.05, 0) is 30.3 Å². The summed E-state index contributed by atoms with van der Waals surface area (Å²) in [6, 6.07) is 0. The fraction of sp³-hybridized carbons (Fsp3) is 0.800. The Morgan fingerprint density at radius 2 is 2.33 bits per heavy atom. The molecule has 1 aliphatic heterocycles. The Kier molecular flexibility index (Phi) is 1.97. The average Bonchev–Trinajstić information content (AvgIpc) is 2.02. The summed E-state index contributed by atoms with van der Waals surface area (Å²) in [5.74, 6) is 0. The zero-order valence-electron chi connectivity index (χ0n) is 7.80. The molecule has 1 saturated carbocycles. The van der Waals surface area contributed by atoms with Crippen molar-refractivity contribution in [2.75, 3.05) is 6.61 Å².